The smallest absolute Gasteiger partial charge is 0.339 e. The van der Waals surface area contributed by atoms with Crippen molar-refractivity contribution in [3.63, 3.8) is 0 Å². The zero-order valence-corrected chi connectivity index (χ0v) is 15.3. The topological polar surface area (TPSA) is 63.6 Å². The summed E-state index contributed by atoms with van der Waals surface area (Å²) in [5.41, 5.74) is 1.72. The molecule has 4 nitrogen and oxygen atoms in total. The van der Waals surface area contributed by atoms with Crippen LogP contribution in [0.3, 0.4) is 0 Å². The number of carbonyl (C=O) groups is 2. The number of aromatic carboxylic acids is 1. The van der Waals surface area contributed by atoms with Crippen molar-refractivity contribution < 1.29 is 19.4 Å². The molecular formula is C17H23BrO4. The molecule has 0 amide bonds. The van der Waals surface area contributed by atoms with Crippen molar-refractivity contribution in [2.45, 2.75) is 47.5 Å². The van der Waals surface area contributed by atoms with Crippen LogP contribution < -0.4 is 0 Å². The third kappa shape index (κ3) is 4.32. The molecule has 0 aliphatic heterocycles. The quantitative estimate of drug-likeness (QED) is 0.776. The molecule has 1 rings (SSSR count). The van der Waals surface area contributed by atoms with E-state index in [0.717, 1.165) is 10.0 Å². The first-order chi connectivity index (χ1) is 10.1. The maximum Gasteiger partial charge on any atom is 0.339 e. The fraction of sp³-hybridized carbons (Fsp3) is 0.529. The molecule has 1 aromatic carbocycles. The van der Waals surface area contributed by atoms with Crippen molar-refractivity contribution in [2.24, 2.45) is 5.41 Å². The van der Waals surface area contributed by atoms with Crippen molar-refractivity contribution in [1.29, 1.82) is 0 Å². The summed E-state index contributed by atoms with van der Waals surface area (Å²) in [5.74, 6) is -1.69. The Morgan fingerprint density at radius 2 is 1.82 bits per heavy atom. The molecule has 0 aliphatic rings. The van der Waals surface area contributed by atoms with Crippen LogP contribution in [0.5, 0.6) is 0 Å². The molecule has 0 radical (unpaired) electrons. The van der Waals surface area contributed by atoms with Crippen molar-refractivity contribution in [3.05, 3.63) is 32.8 Å². The van der Waals surface area contributed by atoms with Crippen molar-refractivity contribution >= 4 is 27.9 Å². The van der Waals surface area contributed by atoms with Gasteiger partial charge in [0.25, 0.3) is 0 Å². The molecule has 1 aromatic rings. The number of carbonyl (C=O) groups excluding carboxylic acids is 1. The largest absolute Gasteiger partial charge is 0.478 e. The third-order valence-corrected chi connectivity index (χ3v) is 3.97. The average molecular weight is 371 g/mol. The first-order valence-electron chi connectivity index (χ1n) is 7.37. The lowest BCUT2D eigenvalue weighted by atomic mass is 9.82. The number of ether oxygens (including phenoxy) is 1. The summed E-state index contributed by atoms with van der Waals surface area (Å²) in [7, 11) is 0. The Balaban J connectivity index is 3.67. The second-order valence-corrected chi connectivity index (χ2v) is 7.21. The van der Waals surface area contributed by atoms with Gasteiger partial charge in [-0.2, -0.15) is 0 Å². The summed E-state index contributed by atoms with van der Waals surface area (Å²) >= 11 is 3.47. The normalized spacial score (nSPS) is 11.4. The van der Waals surface area contributed by atoms with Crippen LogP contribution in [0.4, 0.5) is 0 Å². The van der Waals surface area contributed by atoms with Gasteiger partial charge in [0.1, 0.15) is 0 Å². The van der Waals surface area contributed by atoms with Crippen LogP contribution in [0.25, 0.3) is 0 Å². The van der Waals surface area contributed by atoms with E-state index in [2.05, 4.69) is 15.9 Å². The van der Waals surface area contributed by atoms with E-state index in [1.165, 1.54) is 0 Å². The van der Waals surface area contributed by atoms with Crippen LogP contribution >= 0.6 is 15.9 Å². The number of esters is 1. The van der Waals surface area contributed by atoms with Crippen LogP contribution in [-0.4, -0.2) is 23.7 Å². The van der Waals surface area contributed by atoms with Gasteiger partial charge in [-0.3, -0.25) is 0 Å². The lowest BCUT2D eigenvalue weighted by Crippen LogP contribution is -2.20. The van der Waals surface area contributed by atoms with E-state index in [4.69, 9.17) is 4.74 Å². The minimum absolute atomic E-state index is 0.0634. The van der Waals surface area contributed by atoms with Crippen molar-refractivity contribution in [3.8, 4) is 0 Å². The SMILES string of the molecule is CCOC(=O)c1cc(Br)c(CC)c(CC(C)(C)C)c1C(=O)O. The maximum atomic E-state index is 12.1. The van der Waals surface area contributed by atoms with Gasteiger partial charge in [-0.05, 0) is 42.4 Å². The Hall–Kier alpha value is -1.36. The Labute approximate surface area is 140 Å². The van der Waals surface area contributed by atoms with Gasteiger partial charge >= 0.3 is 11.9 Å². The van der Waals surface area contributed by atoms with Crippen LogP contribution in [0.15, 0.2) is 10.5 Å². The highest BCUT2D eigenvalue weighted by atomic mass is 79.9. The fourth-order valence-corrected chi connectivity index (χ4v) is 3.21. The number of hydrogen-bond donors (Lipinski definition) is 1. The fourth-order valence-electron chi connectivity index (χ4n) is 2.47. The molecule has 22 heavy (non-hydrogen) atoms. The number of carboxylic acid groups (broad SMARTS) is 1. The van der Waals surface area contributed by atoms with Crippen molar-refractivity contribution in [1.82, 2.24) is 0 Å². The molecule has 0 atom stereocenters. The lowest BCUT2D eigenvalue weighted by Gasteiger charge is -2.24. The molecule has 0 aromatic heterocycles. The van der Waals surface area contributed by atoms with Gasteiger partial charge in [0.15, 0.2) is 0 Å². The molecule has 1 N–H and O–H groups in total. The molecule has 0 unspecified atom stereocenters. The van der Waals surface area contributed by atoms with Crippen molar-refractivity contribution in [2.75, 3.05) is 6.61 Å². The highest BCUT2D eigenvalue weighted by Gasteiger charge is 2.28. The first kappa shape index (κ1) is 18.7. The number of benzene rings is 1. The van der Waals surface area contributed by atoms with Gasteiger partial charge < -0.3 is 9.84 Å². The Morgan fingerprint density at radius 3 is 2.23 bits per heavy atom. The molecule has 0 aliphatic carbocycles. The van der Waals surface area contributed by atoms with Gasteiger partial charge in [0, 0.05) is 4.47 Å². The number of carboxylic acids is 1. The van der Waals surface area contributed by atoms with Gasteiger partial charge in [-0.15, -0.1) is 0 Å². The van der Waals surface area contributed by atoms with Gasteiger partial charge in [-0.25, -0.2) is 9.59 Å². The van der Waals surface area contributed by atoms with Crippen LogP contribution in [0.2, 0.25) is 0 Å². The Kier molecular flexibility index (Phi) is 6.17. The lowest BCUT2D eigenvalue weighted by molar-refractivity contribution is 0.0513. The van der Waals surface area contributed by atoms with Crippen LogP contribution in [-0.2, 0) is 17.6 Å². The second-order valence-electron chi connectivity index (χ2n) is 6.35. The average Bonchev–Trinajstić information content (AvgIpc) is 2.36. The summed E-state index contributed by atoms with van der Waals surface area (Å²) in [5, 5.41) is 9.65. The third-order valence-electron chi connectivity index (χ3n) is 3.26. The molecule has 0 spiro atoms. The summed E-state index contributed by atoms with van der Waals surface area (Å²) in [6.07, 6.45) is 1.26. The Bertz CT molecular complexity index is 585. The molecule has 122 valence electrons. The number of halogens is 1. The summed E-state index contributed by atoms with van der Waals surface area (Å²) < 4.78 is 5.76. The minimum Gasteiger partial charge on any atom is -0.478 e. The predicted molar refractivity (Wildman–Crippen MR) is 89.6 cm³/mol. The molecule has 0 bridgehead atoms. The number of hydrogen-bond acceptors (Lipinski definition) is 3. The maximum absolute atomic E-state index is 12.1. The van der Waals surface area contributed by atoms with E-state index < -0.39 is 11.9 Å². The van der Waals surface area contributed by atoms with E-state index in [9.17, 15) is 14.7 Å². The zero-order valence-electron chi connectivity index (χ0n) is 13.7. The predicted octanol–water partition coefficient (Wildman–Crippen LogP) is 4.48. The van der Waals surface area contributed by atoms with Gasteiger partial charge in [-0.1, -0.05) is 43.6 Å². The van der Waals surface area contributed by atoms with E-state index >= 15 is 0 Å². The molecule has 0 fully saturated rings. The highest BCUT2D eigenvalue weighted by molar-refractivity contribution is 9.10. The van der Waals surface area contributed by atoms with E-state index in [0.29, 0.717) is 18.4 Å². The molecule has 5 heteroatoms. The van der Waals surface area contributed by atoms with Gasteiger partial charge in [0.05, 0.1) is 17.7 Å². The molecular weight excluding hydrogens is 348 g/mol. The summed E-state index contributed by atoms with van der Waals surface area (Å²) in [6, 6.07) is 1.56. The summed E-state index contributed by atoms with van der Waals surface area (Å²) in [6.45, 7) is 10.0. The standard InChI is InChI=1S/C17H23BrO4/c1-6-10-12(9-17(3,4)5)14(15(19)20)11(8-13(10)18)16(21)22-7-2/h8H,6-7,9H2,1-5H3,(H,19,20). The highest BCUT2D eigenvalue weighted by Crippen LogP contribution is 2.33. The van der Waals surface area contributed by atoms with E-state index in [-0.39, 0.29) is 23.1 Å². The minimum atomic E-state index is -1.09. The van der Waals surface area contributed by atoms with E-state index in [1.807, 2.05) is 27.7 Å². The van der Waals surface area contributed by atoms with Crippen LogP contribution in [0, 0.1) is 5.41 Å². The summed E-state index contributed by atoms with van der Waals surface area (Å²) in [4.78, 5) is 23.9. The molecule has 0 saturated heterocycles. The molecule has 0 saturated carbocycles. The molecule has 0 heterocycles. The zero-order chi connectivity index (χ0) is 17.1. The monoisotopic (exact) mass is 370 g/mol. The van der Waals surface area contributed by atoms with E-state index in [1.54, 1.807) is 13.0 Å². The van der Waals surface area contributed by atoms with Crippen LogP contribution in [0.1, 0.15) is 66.5 Å². The van der Waals surface area contributed by atoms with Gasteiger partial charge in [0.2, 0.25) is 0 Å². The first-order valence-corrected chi connectivity index (χ1v) is 8.16. The number of rotatable bonds is 5. The Morgan fingerprint density at radius 1 is 1.23 bits per heavy atom. The second kappa shape index (κ2) is 7.27.